The number of nitrogens with zero attached hydrogens (tertiary/aromatic N) is 1. The van der Waals surface area contributed by atoms with Gasteiger partial charge in [-0.3, -0.25) is 9.59 Å². The van der Waals surface area contributed by atoms with Crippen molar-refractivity contribution in [3.8, 4) is 11.5 Å². The molecule has 2 aliphatic heterocycles. The second kappa shape index (κ2) is 8.23. The van der Waals surface area contributed by atoms with Crippen LogP contribution in [0.1, 0.15) is 31.2 Å². The third-order valence-electron chi connectivity index (χ3n) is 4.85. The van der Waals surface area contributed by atoms with Crippen molar-refractivity contribution in [2.45, 2.75) is 32.1 Å². The van der Waals surface area contributed by atoms with Crippen molar-refractivity contribution in [3.05, 3.63) is 23.8 Å². The van der Waals surface area contributed by atoms with Crippen LogP contribution < -0.4 is 14.8 Å². The molecule has 1 N–H and O–H groups in total. The molecule has 2 heterocycles. The van der Waals surface area contributed by atoms with Crippen molar-refractivity contribution in [1.82, 2.24) is 10.2 Å². The summed E-state index contributed by atoms with van der Waals surface area (Å²) in [6, 6.07) is 5.86. The normalized spacial score (nSPS) is 19.3. The largest absolute Gasteiger partial charge is 0.497 e. The minimum Gasteiger partial charge on any atom is -0.497 e. The zero-order valence-electron chi connectivity index (χ0n) is 14.8. The zero-order chi connectivity index (χ0) is 17.6. The molecule has 2 aliphatic rings. The van der Waals surface area contributed by atoms with Crippen LogP contribution in [0.15, 0.2) is 18.2 Å². The number of hydrogen-bond donors (Lipinski definition) is 1. The lowest BCUT2D eigenvalue weighted by Gasteiger charge is -2.26. The molecule has 0 radical (unpaired) electrons. The molecule has 6 nitrogen and oxygen atoms in total. The molecule has 136 valence electrons. The van der Waals surface area contributed by atoms with Crippen LogP contribution in [0.3, 0.4) is 0 Å². The molecule has 6 heteroatoms. The van der Waals surface area contributed by atoms with Crippen molar-refractivity contribution in [3.63, 3.8) is 0 Å². The van der Waals surface area contributed by atoms with Gasteiger partial charge in [-0.15, -0.1) is 0 Å². The molecule has 25 heavy (non-hydrogen) atoms. The van der Waals surface area contributed by atoms with Gasteiger partial charge in [-0.25, -0.2) is 0 Å². The quantitative estimate of drug-likeness (QED) is 0.817. The van der Waals surface area contributed by atoms with Crippen LogP contribution in [0.25, 0.3) is 0 Å². The summed E-state index contributed by atoms with van der Waals surface area (Å²) in [5.41, 5.74) is 1.15. The summed E-state index contributed by atoms with van der Waals surface area (Å²) in [6.07, 6.45) is 3.68. The van der Waals surface area contributed by atoms with Crippen molar-refractivity contribution in [2.75, 3.05) is 33.4 Å². The summed E-state index contributed by atoms with van der Waals surface area (Å²) in [5.74, 6) is 2.21. The van der Waals surface area contributed by atoms with Crippen LogP contribution in [-0.4, -0.2) is 50.1 Å². The van der Waals surface area contributed by atoms with E-state index in [1.54, 1.807) is 7.11 Å². The van der Waals surface area contributed by atoms with Crippen molar-refractivity contribution < 1.29 is 19.1 Å². The maximum absolute atomic E-state index is 12.0. The number of rotatable bonds is 7. The molecule has 3 rings (SSSR count). The van der Waals surface area contributed by atoms with Gasteiger partial charge in [-0.2, -0.15) is 0 Å². The van der Waals surface area contributed by atoms with E-state index in [0.29, 0.717) is 32.5 Å². The van der Waals surface area contributed by atoms with Gasteiger partial charge >= 0.3 is 0 Å². The fourth-order valence-corrected chi connectivity index (χ4v) is 3.39. The molecule has 1 aromatic rings. The van der Waals surface area contributed by atoms with Gasteiger partial charge in [0.1, 0.15) is 11.5 Å². The Bertz CT molecular complexity index is 632. The fraction of sp³-hybridized carbons (Fsp3) is 0.579. The van der Waals surface area contributed by atoms with E-state index in [2.05, 4.69) is 5.32 Å². The van der Waals surface area contributed by atoms with Crippen LogP contribution in [-0.2, 0) is 16.0 Å². The van der Waals surface area contributed by atoms with E-state index >= 15 is 0 Å². The van der Waals surface area contributed by atoms with E-state index in [1.165, 1.54) is 0 Å². The predicted octanol–water partition coefficient (Wildman–Crippen LogP) is 1.77. The van der Waals surface area contributed by atoms with Gasteiger partial charge in [0.2, 0.25) is 11.8 Å². The van der Waals surface area contributed by atoms with Gasteiger partial charge in [0, 0.05) is 44.5 Å². The Morgan fingerprint density at radius 1 is 1.44 bits per heavy atom. The van der Waals surface area contributed by atoms with E-state index in [-0.39, 0.29) is 17.7 Å². The first-order valence-electron chi connectivity index (χ1n) is 9.00. The Hall–Kier alpha value is -2.24. The second-order valence-corrected chi connectivity index (χ2v) is 6.75. The van der Waals surface area contributed by atoms with E-state index in [9.17, 15) is 9.59 Å². The Morgan fingerprint density at radius 3 is 3.08 bits per heavy atom. The average Bonchev–Trinajstić information content (AvgIpc) is 3.04. The molecule has 1 aromatic carbocycles. The SMILES string of the molecule is COc1ccc2c(c1)OCC(CNC(=O)CCCN1CCCC1=O)C2. The van der Waals surface area contributed by atoms with Gasteiger partial charge in [0.25, 0.3) is 0 Å². The lowest BCUT2D eigenvalue weighted by molar-refractivity contribution is -0.128. The minimum absolute atomic E-state index is 0.0483. The summed E-state index contributed by atoms with van der Waals surface area (Å²) < 4.78 is 11.0. The molecule has 1 saturated heterocycles. The highest BCUT2D eigenvalue weighted by atomic mass is 16.5. The number of benzene rings is 1. The maximum atomic E-state index is 12.0. The topological polar surface area (TPSA) is 67.9 Å². The second-order valence-electron chi connectivity index (χ2n) is 6.75. The number of hydrogen-bond acceptors (Lipinski definition) is 4. The zero-order valence-corrected chi connectivity index (χ0v) is 14.8. The van der Waals surface area contributed by atoms with Crippen LogP contribution in [0.4, 0.5) is 0 Å². The molecular weight excluding hydrogens is 320 g/mol. The molecule has 1 atom stereocenters. The monoisotopic (exact) mass is 346 g/mol. The van der Waals surface area contributed by atoms with E-state index in [4.69, 9.17) is 9.47 Å². The highest BCUT2D eigenvalue weighted by molar-refractivity contribution is 5.78. The maximum Gasteiger partial charge on any atom is 0.222 e. The molecule has 0 aliphatic carbocycles. The first kappa shape index (κ1) is 17.6. The summed E-state index contributed by atoms with van der Waals surface area (Å²) in [5, 5.41) is 3.00. The van der Waals surface area contributed by atoms with Crippen LogP contribution in [0, 0.1) is 5.92 Å². The number of likely N-dealkylation sites (tertiary alicyclic amines) is 1. The average molecular weight is 346 g/mol. The van der Waals surface area contributed by atoms with Gasteiger partial charge in [-0.1, -0.05) is 6.07 Å². The molecule has 0 saturated carbocycles. The van der Waals surface area contributed by atoms with E-state index < -0.39 is 0 Å². The lowest BCUT2D eigenvalue weighted by atomic mass is 9.96. The molecule has 2 amide bonds. The van der Waals surface area contributed by atoms with Gasteiger partial charge < -0.3 is 19.7 Å². The van der Waals surface area contributed by atoms with E-state index in [0.717, 1.165) is 42.9 Å². The van der Waals surface area contributed by atoms with Crippen molar-refractivity contribution >= 4 is 11.8 Å². The smallest absolute Gasteiger partial charge is 0.222 e. The van der Waals surface area contributed by atoms with E-state index in [1.807, 2.05) is 23.1 Å². The van der Waals surface area contributed by atoms with Gasteiger partial charge in [0.15, 0.2) is 0 Å². The van der Waals surface area contributed by atoms with Crippen LogP contribution in [0.2, 0.25) is 0 Å². The Balaban J connectivity index is 1.37. The first-order valence-corrected chi connectivity index (χ1v) is 9.00. The number of ether oxygens (including phenoxy) is 2. The number of methoxy groups -OCH3 is 1. The Morgan fingerprint density at radius 2 is 2.32 bits per heavy atom. The summed E-state index contributed by atoms with van der Waals surface area (Å²) in [7, 11) is 1.64. The number of carbonyl (C=O) groups excluding carboxylic acids is 2. The number of amides is 2. The lowest BCUT2D eigenvalue weighted by Crippen LogP contribution is -2.35. The molecule has 0 spiro atoms. The predicted molar refractivity (Wildman–Crippen MR) is 93.7 cm³/mol. The Kier molecular flexibility index (Phi) is 5.79. The fourth-order valence-electron chi connectivity index (χ4n) is 3.39. The third kappa shape index (κ3) is 4.65. The van der Waals surface area contributed by atoms with Crippen molar-refractivity contribution in [2.24, 2.45) is 5.92 Å². The highest BCUT2D eigenvalue weighted by Crippen LogP contribution is 2.30. The first-order chi connectivity index (χ1) is 12.2. The van der Waals surface area contributed by atoms with Crippen LogP contribution >= 0.6 is 0 Å². The summed E-state index contributed by atoms with van der Waals surface area (Å²) in [6.45, 7) is 2.74. The Labute approximate surface area is 148 Å². The third-order valence-corrected chi connectivity index (χ3v) is 4.85. The van der Waals surface area contributed by atoms with Gasteiger partial charge in [-0.05, 0) is 30.9 Å². The minimum atomic E-state index is 0.0483. The number of nitrogens with one attached hydrogen (secondary N) is 1. The molecule has 1 unspecified atom stereocenters. The van der Waals surface area contributed by atoms with Crippen LogP contribution in [0.5, 0.6) is 11.5 Å². The summed E-state index contributed by atoms with van der Waals surface area (Å²) >= 11 is 0. The molecule has 0 bridgehead atoms. The standard InChI is InChI=1S/C19H26N2O4/c1-24-16-7-6-15-10-14(13-25-17(15)11-16)12-20-18(22)4-2-8-21-9-3-5-19(21)23/h6-7,11,14H,2-5,8-10,12-13H2,1H3,(H,20,22). The number of fused-ring (bicyclic) bond motifs is 1. The summed E-state index contributed by atoms with van der Waals surface area (Å²) in [4.78, 5) is 25.4. The molecule has 0 aromatic heterocycles. The number of carbonyl (C=O) groups is 2. The molecule has 1 fully saturated rings. The van der Waals surface area contributed by atoms with Crippen molar-refractivity contribution in [1.29, 1.82) is 0 Å². The highest BCUT2D eigenvalue weighted by Gasteiger charge is 2.22. The molecular formula is C19H26N2O4. The van der Waals surface area contributed by atoms with Gasteiger partial charge in [0.05, 0.1) is 13.7 Å².